The molecule has 1 aliphatic rings. The molecule has 0 amide bonds. The van der Waals surface area contributed by atoms with Crippen molar-refractivity contribution in [3.05, 3.63) is 53.7 Å². The van der Waals surface area contributed by atoms with E-state index in [2.05, 4.69) is 5.11 Å². The number of benzene rings is 2. The number of hydrogen-bond donors (Lipinski definition) is 0. The second-order valence-electron chi connectivity index (χ2n) is 5.06. The van der Waals surface area contributed by atoms with Crippen LogP contribution in [0.15, 0.2) is 53.6 Å². The van der Waals surface area contributed by atoms with Gasteiger partial charge in [0, 0.05) is 17.2 Å². The maximum atomic E-state index is 12.1. The summed E-state index contributed by atoms with van der Waals surface area (Å²) in [6.07, 6.45) is 0.209. The van der Waals surface area contributed by atoms with Gasteiger partial charge in [0.05, 0.1) is 13.2 Å². The van der Waals surface area contributed by atoms with Crippen LogP contribution < -0.4 is 9.47 Å². The Hall–Kier alpha value is -2.60. The van der Waals surface area contributed by atoms with Crippen molar-refractivity contribution in [2.45, 2.75) is 13.0 Å². The van der Waals surface area contributed by atoms with Gasteiger partial charge in [0.15, 0.2) is 0 Å². The van der Waals surface area contributed by atoms with Gasteiger partial charge in [-0.15, -0.1) is 0 Å². The van der Waals surface area contributed by atoms with E-state index in [9.17, 15) is 5.21 Å². The van der Waals surface area contributed by atoms with Gasteiger partial charge in [-0.05, 0) is 43.3 Å². The zero-order chi connectivity index (χ0) is 16.1. The first-order chi connectivity index (χ1) is 11.2. The fraction of sp³-hybridized carbons (Fsp3) is 0.294. The lowest BCUT2D eigenvalue weighted by molar-refractivity contribution is -0.435. The minimum Gasteiger partial charge on any atom is -0.594 e. The van der Waals surface area contributed by atoms with Gasteiger partial charge < -0.3 is 19.4 Å². The normalized spacial score (nSPS) is 16.9. The first-order valence-corrected chi connectivity index (χ1v) is 7.51. The molecular weight excluding hydrogens is 296 g/mol. The predicted molar refractivity (Wildman–Crippen MR) is 84.7 cm³/mol. The summed E-state index contributed by atoms with van der Waals surface area (Å²) in [6, 6.07) is 13.9. The number of hydrogen-bond acceptors (Lipinski definition) is 5. The molecule has 23 heavy (non-hydrogen) atoms. The van der Waals surface area contributed by atoms with Gasteiger partial charge in [0.2, 0.25) is 5.69 Å². The molecule has 1 saturated heterocycles. The van der Waals surface area contributed by atoms with Crippen LogP contribution in [0.25, 0.3) is 0 Å². The van der Waals surface area contributed by atoms with Crippen LogP contribution in [0.3, 0.4) is 0 Å². The van der Waals surface area contributed by atoms with Crippen molar-refractivity contribution in [2.24, 2.45) is 5.11 Å². The Kier molecular flexibility index (Phi) is 4.73. The predicted octanol–water partition coefficient (Wildman–Crippen LogP) is 3.79. The summed E-state index contributed by atoms with van der Waals surface area (Å²) in [6.45, 7) is 3.82. The molecule has 6 heteroatoms. The fourth-order valence-corrected chi connectivity index (χ4v) is 1.96. The second-order valence-corrected chi connectivity index (χ2v) is 5.06. The van der Waals surface area contributed by atoms with Crippen LogP contribution in [0.1, 0.15) is 6.92 Å². The third-order valence-corrected chi connectivity index (χ3v) is 3.25. The van der Waals surface area contributed by atoms with Gasteiger partial charge in [-0.25, -0.2) is 0 Å². The van der Waals surface area contributed by atoms with Gasteiger partial charge >= 0.3 is 0 Å². The van der Waals surface area contributed by atoms with E-state index in [4.69, 9.17) is 14.2 Å². The third-order valence-electron chi connectivity index (χ3n) is 3.25. The summed E-state index contributed by atoms with van der Waals surface area (Å²) in [7, 11) is 0. The summed E-state index contributed by atoms with van der Waals surface area (Å²) < 4.78 is 16.0. The summed E-state index contributed by atoms with van der Waals surface area (Å²) >= 11 is 0. The second kappa shape index (κ2) is 7.11. The van der Waals surface area contributed by atoms with E-state index in [0.29, 0.717) is 35.2 Å². The lowest BCUT2D eigenvalue weighted by atomic mass is 10.3. The van der Waals surface area contributed by atoms with Crippen LogP contribution in [0.4, 0.5) is 11.4 Å². The lowest BCUT2D eigenvalue weighted by Gasteiger charge is -2.05. The van der Waals surface area contributed by atoms with Crippen molar-refractivity contribution >= 4 is 11.4 Å². The van der Waals surface area contributed by atoms with Crippen LogP contribution in [0.5, 0.6) is 11.5 Å². The lowest BCUT2D eigenvalue weighted by Crippen LogP contribution is -2.03. The SMILES string of the molecule is CCOc1ccc(N=[N+]([O-])c2ccc(OCC3CO3)cc2)cc1. The first-order valence-electron chi connectivity index (χ1n) is 7.51. The molecule has 6 nitrogen and oxygen atoms in total. The highest BCUT2D eigenvalue weighted by Gasteiger charge is 2.23. The highest BCUT2D eigenvalue weighted by Crippen LogP contribution is 2.23. The Balaban J connectivity index is 1.64. The maximum Gasteiger partial charge on any atom is 0.245 e. The summed E-state index contributed by atoms with van der Waals surface area (Å²) in [4.78, 5) is 0.587. The summed E-state index contributed by atoms with van der Waals surface area (Å²) in [5, 5.41) is 16.1. The Bertz CT molecular complexity index is 664. The first kappa shape index (κ1) is 15.3. The fourth-order valence-electron chi connectivity index (χ4n) is 1.96. The zero-order valence-corrected chi connectivity index (χ0v) is 12.8. The van der Waals surface area contributed by atoms with Crippen molar-refractivity contribution in [3.63, 3.8) is 0 Å². The molecule has 120 valence electrons. The molecule has 0 spiro atoms. The quantitative estimate of drug-likeness (QED) is 0.337. The molecule has 1 unspecified atom stereocenters. The molecule has 0 bridgehead atoms. The van der Waals surface area contributed by atoms with Crippen LogP contribution in [-0.2, 0) is 4.74 Å². The third kappa shape index (κ3) is 4.43. The molecule has 1 fully saturated rings. The van der Waals surface area contributed by atoms with Gasteiger partial charge in [0.25, 0.3) is 0 Å². The van der Waals surface area contributed by atoms with E-state index in [0.717, 1.165) is 12.4 Å². The van der Waals surface area contributed by atoms with E-state index in [1.807, 2.05) is 6.92 Å². The average molecular weight is 314 g/mol. The molecular formula is C17H18N2O4. The average Bonchev–Trinajstić information content (AvgIpc) is 3.40. The van der Waals surface area contributed by atoms with E-state index < -0.39 is 0 Å². The van der Waals surface area contributed by atoms with E-state index in [1.165, 1.54) is 0 Å². The molecule has 0 N–H and O–H groups in total. The number of ether oxygens (including phenoxy) is 3. The Morgan fingerprint density at radius 3 is 2.30 bits per heavy atom. The van der Waals surface area contributed by atoms with Crippen LogP contribution in [-0.4, -0.2) is 30.8 Å². The standard InChI is InChI=1S/C17H18N2O4/c1-2-21-15-7-3-13(4-8-15)18-19(20)14-5-9-16(10-6-14)22-11-17-12-23-17/h3-10,17H,2,11-12H2,1H3. The minimum absolute atomic E-state index is 0.209. The van der Waals surface area contributed by atoms with Gasteiger partial charge in [0.1, 0.15) is 29.9 Å². The van der Waals surface area contributed by atoms with Crippen molar-refractivity contribution in [2.75, 3.05) is 19.8 Å². The molecule has 1 atom stereocenters. The Morgan fingerprint density at radius 1 is 1.09 bits per heavy atom. The summed E-state index contributed by atoms with van der Waals surface area (Å²) in [5.74, 6) is 1.46. The van der Waals surface area contributed by atoms with E-state index in [1.54, 1.807) is 48.5 Å². The summed E-state index contributed by atoms with van der Waals surface area (Å²) in [5.41, 5.74) is 1.00. The van der Waals surface area contributed by atoms with Crippen molar-refractivity contribution in [3.8, 4) is 11.5 Å². The molecule has 0 aromatic heterocycles. The molecule has 2 aromatic carbocycles. The molecule has 3 rings (SSSR count). The minimum atomic E-state index is 0.209. The molecule has 0 radical (unpaired) electrons. The topological polar surface area (TPSA) is 69.4 Å². The molecule has 1 heterocycles. The van der Waals surface area contributed by atoms with E-state index in [-0.39, 0.29) is 6.10 Å². The number of rotatable bonds is 7. The zero-order valence-electron chi connectivity index (χ0n) is 12.8. The number of epoxide rings is 1. The Morgan fingerprint density at radius 2 is 1.70 bits per heavy atom. The smallest absolute Gasteiger partial charge is 0.245 e. The van der Waals surface area contributed by atoms with Crippen LogP contribution in [0, 0.1) is 5.21 Å². The molecule has 0 aliphatic carbocycles. The molecule has 1 aliphatic heterocycles. The van der Waals surface area contributed by atoms with Crippen molar-refractivity contribution < 1.29 is 19.1 Å². The molecule has 2 aromatic rings. The van der Waals surface area contributed by atoms with Gasteiger partial charge in [-0.3, -0.25) is 0 Å². The Labute approximate surface area is 134 Å². The van der Waals surface area contributed by atoms with Crippen molar-refractivity contribution in [1.82, 2.24) is 0 Å². The van der Waals surface area contributed by atoms with Gasteiger partial charge in [-0.1, -0.05) is 4.86 Å². The largest absolute Gasteiger partial charge is 0.594 e. The molecule has 0 saturated carbocycles. The number of azo groups is 1. The van der Waals surface area contributed by atoms with Crippen molar-refractivity contribution in [1.29, 1.82) is 0 Å². The maximum absolute atomic E-state index is 12.1. The highest BCUT2D eigenvalue weighted by atomic mass is 16.6. The van der Waals surface area contributed by atoms with Crippen LogP contribution in [0.2, 0.25) is 0 Å². The monoisotopic (exact) mass is 314 g/mol. The van der Waals surface area contributed by atoms with Crippen LogP contribution >= 0.6 is 0 Å². The van der Waals surface area contributed by atoms with Gasteiger partial charge in [-0.2, -0.15) is 0 Å². The highest BCUT2D eigenvalue weighted by molar-refractivity contribution is 5.41. The van der Waals surface area contributed by atoms with E-state index >= 15 is 0 Å². The number of nitrogens with zero attached hydrogens (tertiary/aromatic N) is 2.